The van der Waals surface area contributed by atoms with Crippen molar-refractivity contribution >= 4 is 11.6 Å². The number of halogens is 1. The largest absolute Gasteiger partial charge is 0.467 e. The number of hydrogen-bond acceptors (Lipinski definition) is 5. The third kappa shape index (κ3) is 2.63. The molecular formula is C13H15ClN4O2. The van der Waals surface area contributed by atoms with E-state index in [1.807, 2.05) is 25.3 Å². The Morgan fingerprint density at radius 1 is 1.50 bits per heavy atom. The van der Waals surface area contributed by atoms with Crippen molar-refractivity contribution in [2.45, 2.75) is 26.1 Å². The number of ether oxygens (including phenoxy) is 2. The van der Waals surface area contributed by atoms with Crippen molar-refractivity contribution in [3.05, 3.63) is 40.2 Å². The smallest absolute Gasteiger partial charge is 0.189 e. The highest BCUT2D eigenvalue weighted by Gasteiger charge is 2.17. The van der Waals surface area contributed by atoms with Crippen LogP contribution in [0.25, 0.3) is 0 Å². The number of hydrogen-bond donors (Lipinski definition) is 1. The Labute approximate surface area is 121 Å². The van der Waals surface area contributed by atoms with Crippen molar-refractivity contribution in [1.82, 2.24) is 15.0 Å². The molecule has 2 heterocycles. The van der Waals surface area contributed by atoms with Gasteiger partial charge in [-0.05, 0) is 19.1 Å². The van der Waals surface area contributed by atoms with Gasteiger partial charge in [0.1, 0.15) is 5.75 Å². The highest BCUT2D eigenvalue weighted by Crippen LogP contribution is 2.32. The second-order valence-corrected chi connectivity index (χ2v) is 5.23. The molecule has 7 heteroatoms. The van der Waals surface area contributed by atoms with Crippen LogP contribution in [-0.2, 0) is 17.9 Å². The fourth-order valence-electron chi connectivity index (χ4n) is 2.15. The fraction of sp³-hybridized carbons (Fsp3) is 0.385. The van der Waals surface area contributed by atoms with Gasteiger partial charge in [-0.2, -0.15) is 0 Å². The van der Waals surface area contributed by atoms with E-state index in [1.54, 1.807) is 4.68 Å². The number of rotatable bonds is 3. The van der Waals surface area contributed by atoms with Gasteiger partial charge < -0.3 is 15.2 Å². The van der Waals surface area contributed by atoms with Crippen LogP contribution in [0.5, 0.6) is 5.75 Å². The van der Waals surface area contributed by atoms with E-state index in [1.165, 1.54) is 0 Å². The standard InChI is InChI=1S/C13H15ClN4O2/c1-8(15)12-5-18(17-16-12)4-9-2-11(14)3-10-6-19-7-20-13(9)10/h2-3,5,8H,4,6-7,15H2,1H3. The molecule has 1 unspecified atom stereocenters. The predicted molar refractivity (Wildman–Crippen MR) is 73.5 cm³/mol. The predicted octanol–water partition coefficient (Wildman–Crippen LogP) is 1.87. The van der Waals surface area contributed by atoms with E-state index in [2.05, 4.69) is 10.3 Å². The molecule has 106 valence electrons. The Morgan fingerprint density at radius 2 is 2.35 bits per heavy atom. The second kappa shape index (κ2) is 5.40. The molecule has 1 aliphatic heterocycles. The SMILES string of the molecule is CC(N)c1cn(Cc2cc(Cl)cc3c2OCOC3)nn1. The second-order valence-electron chi connectivity index (χ2n) is 4.79. The summed E-state index contributed by atoms with van der Waals surface area (Å²) in [5.41, 5.74) is 8.44. The molecule has 1 aliphatic rings. The summed E-state index contributed by atoms with van der Waals surface area (Å²) < 4.78 is 12.6. The van der Waals surface area contributed by atoms with Crippen molar-refractivity contribution in [2.24, 2.45) is 5.73 Å². The maximum atomic E-state index is 6.13. The molecule has 0 saturated heterocycles. The Kier molecular flexibility index (Phi) is 3.60. The van der Waals surface area contributed by atoms with E-state index in [0.29, 0.717) is 18.2 Å². The molecule has 2 aromatic rings. The summed E-state index contributed by atoms with van der Waals surface area (Å²) >= 11 is 6.13. The molecule has 0 saturated carbocycles. The summed E-state index contributed by atoms with van der Waals surface area (Å²) in [6.45, 7) is 3.16. The van der Waals surface area contributed by atoms with Crippen LogP contribution in [0.4, 0.5) is 0 Å². The van der Waals surface area contributed by atoms with Gasteiger partial charge in [0.2, 0.25) is 0 Å². The molecule has 0 aliphatic carbocycles. The summed E-state index contributed by atoms with van der Waals surface area (Å²) in [7, 11) is 0. The Hall–Kier alpha value is -1.63. The van der Waals surface area contributed by atoms with E-state index < -0.39 is 0 Å². The number of nitrogens with two attached hydrogens (primary N) is 1. The summed E-state index contributed by atoms with van der Waals surface area (Å²) in [4.78, 5) is 0. The molecule has 2 N–H and O–H groups in total. The number of fused-ring (bicyclic) bond motifs is 1. The summed E-state index contributed by atoms with van der Waals surface area (Å²) in [5.74, 6) is 0.818. The van der Waals surface area contributed by atoms with Gasteiger partial charge in [0.05, 0.1) is 25.0 Å². The maximum absolute atomic E-state index is 6.13. The zero-order chi connectivity index (χ0) is 14.1. The van der Waals surface area contributed by atoms with Gasteiger partial charge in [-0.25, -0.2) is 4.68 Å². The fourth-order valence-corrected chi connectivity index (χ4v) is 2.41. The van der Waals surface area contributed by atoms with Crippen molar-refractivity contribution in [2.75, 3.05) is 6.79 Å². The molecular weight excluding hydrogens is 280 g/mol. The van der Waals surface area contributed by atoms with E-state index in [0.717, 1.165) is 22.6 Å². The summed E-state index contributed by atoms with van der Waals surface area (Å²) in [6.07, 6.45) is 1.83. The van der Waals surface area contributed by atoms with Crippen LogP contribution in [0.15, 0.2) is 18.3 Å². The lowest BCUT2D eigenvalue weighted by Gasteiger charge is -2.21. The van der Waals surface area contributed by atoms with Crippen molar-refractivity contribution in [1.29, 1.82) is 0 Å². The topological polar surface area (TPSA) is 75.2 Å². The van der Waals surface area contributed by atoms with E-state index in [4.69, 9.17) is 26.8 Å². The van der Waals surface area contributed by atoms with Gasteiger partial charge in [0.15, 0.2) is 6.79 Å². The average molecular weight is 295 g/mol. The van der Waals surface area contributed by atoms with Crippen LogP contribution in [-0.4, -0.2) is 21.8 Å². The molecule has 6 nitrogen and oxygen atoms in total. The third-order valence-corrected chi connectivity index (χ3v) is 3.33. The molecule has 0 bridgehead atoms. The van der Waals surface area contributed by atoms with Gasteiger partial charge in [-0.1, -0.05) is 16.8 Å². The molecule has 3 rings (SSSR count). The molecule has 0 radical (unpaired) electrons. The van der Waals surface area contributed by atoms with Gasteiger partial charge in [-0.15, -0.1) is 5.10 Å². The quantitative estimate of drug-likeness (QED) is 0.935. The Balaban J connectivity index is 1.91. The molecule has 1 aromatic heterocycles. The summed E-state index contributed by atoms with van der Waals surface area (Å²) in [5, 5.41) is 8.76. The van der Waals surface area contributed by atoms with Gasteiger partial charge in [-0.3, -0.25) is 0 Å². The number of nitrogens with zero attached hydrogens (tertiary/aromatic N) is 3. The average Bonchev–Trinajstić information content (AvgIpc) is 2.87. The summed E-state index contributed by atoms with van der Waals surface area (Å²) in [6, 6.07) is 3.59. The van der Waals surface area contributed by atoms with Crippen molar-refractivity contribution in [3.8, 4) is 5.75 Å². The van der Waals surface area contributed by atoms with E-state index in [-0.39, 0.29) is 12.8 Å². The first-order chi connectivity index (χ1) is 9.63. The lowest BCUT2D eigenvalue weighted by molar-refractivity contribution is -0.0171. The molecule has 0 fully saturated rings. The highest BCUT2D eigenvalue weighted by atomic mass is 35.5. The normalized spacial score (nSPS) is 15.6. The molecule has 1 atom stereocenters. The van der Waals surface area contributed by atoms with Gasteiger partial charge >= 0.3 is 0 Å². The van der Waals surface area contributed by atoms with E-state index >= 15 is 0 Å². The maximum Gasteiger partial charge on any atom is 0.189 e. The minimum Gasteiger partial charge on any atom is -0.467 e. The molecule has 1 aromatic carbocycles. The van der Waals surface area contributed by atoms with Gasteiger partial charge in [0.25, 0.3) is 0 Å². The van der Waals surface area contributed by atoms with Crippen molar-refractivity contribution < 1.29 is 9.47 Å². The number of aromatic nitrogens is 3. The van der Waals surface area contributed by atoms with Crippen LogP contribution in [0.3, 0.4) is 0 Å². The zero-order valence-corrected chi connectivity index (χ0v) is 11.8. The molecule has 0 spiro atoms. The van der Waals surface area contributed by atoms with Gasteiger partial charge in [0, 0.05) is 22.2 Å². The van der Waals surface area contributed by atoms with E-state index in [9.17, 15) is 0 Å². The molecule has 20 heavy (non-hydrogen) atoms. The minimum atomic E-state index is -0.137. The van der Waals surface area contributed by atoms with Crippen LogP contribution in [0.2, 0.25) is 5.02 Å². The third-order valence-electron chi connectivity index (χ3n) is 3.11. The number of benzene rings is 1. The van der Waals surface area contributed by atoms with Crippen LogP contribution in [0.1, 0.15) is 29.8 Å². The molecule has 0 amide bonds. The van der Waals surface area contributed by atoms with Crippen molar-refractivity contribution in [3.63, 3.8) is 0 Å². The van der Waals surface area contributed by atoms with Crippen LogP contribution < -0.4 is 10.5 Å². The first-order valence-electron chi connectivity index (χ1n) is 6.31. The minimum absolute atomic E-state index is 0.137. The Bertz CT molecular complexity index is 627. The lowest BCUT2D eigenvalue weighted by atomic mass is 10.1. The van der Waals surface area contributed by atoms with Crippen LogP contribution in [0, 0.1) is 0 Å². The Morgan fingerprint density at radius 3 is 3.10 bits per heavy atom. The zero-order valence-electron chi connectivity index (χ0n) is 11.0. The first kappa shape index (κ1) is 13.4. The monoisotopic (exact) mass is 294 g/mol. The van der Waals surface area contributed by atoms with Crippen LogP contribution >= 0.6 is 11.6 Å². The first-order valence-corrected chi connectivity index (χ1v) is 6.68. The lowest BCUT2D eigenvalue weighted by Crippen LogP contribution is -2.14. The highest BCUT2D eigenvalue weighted by molar-refractivity contribution is 6.30.